The SMILES string of the molecule is CSCC(C)(C)NC(=O)c1c(I)cc(Cl)cc1C(=O)Nc1ccc(C(F)(C(F)(F)F)C(F)(F)F)cc1C. The summed E-state index contributed by atoms with van der Waals surface area (Å²) in [5, 5.41) is 5.27. The van der Waals surface area contributed by atoms with Crippen molar-refractivity contribution in [1.82, 2.24) is 5.32 Å². The number of aryl methyl sites for hydroxylation is 1. The van der Waals surface area contributed by atoms with Gasteiger partial charge in [0.15, 0.2) is 0 Å². The number of alkyl halides is 7. The molecule has 0 atom stereocenters. The third-order valence-corrected chi connectivity index (χ3v) is 7.22. The maximum Gasteiger partial charge on any atom is 0.435 e. The van der Waals surface area contributed by atoms with E-state index in [4.69, 9.17) is 11.6 Å². The summed E-state index contributed by atoms with van der Waals surface area (Å²) in [7, 11) is 0. The minimum Gasteiger partial charge on any atom is -0.346 e. The predicted octanol–water partition coefficient (Wildman–Crippen LogP) is 7.67. The normalized spacial score (nSPS) is 12.9. The molecule has 2 aromatic carbocycles. The van der Waals surface area contributed by atoms with E-state index < -0.39 is 40.9 Å². The van der Waals surface area contributed by atoms with Crippen LogP contribution in [0.25, 0.3) is 0 Å². The molecule has 0 bridgehead atoms. The Bertz CT molecular complexity index is 1190. The number of nitrogens with one attached hydrogen (secondary N) is 2. The van der Waals surface area contributed by atoms with Crippen LogP contribution in [0.1, 0.15) is 45.7 Å². The number of carbonyl (C=O) groups excluding carboxylic acids is 2. The van der Waals surface area contributed by atoms with Crippen LogP contribution < -0.4 is 10.6 Å². The van der Waals surface area contributed by atoms with Crippen LogP contribution in [0.4, 0.5) is 36.4 Å². The third-order valence-electron chi connectivity index (χ3n) is 5.14. The lowest BCUT2D eigenvalue weighted by Gasteiger charge is -2.30. The molecule has 0 heterocycles. The standard InChI is InChI=1S/C23H21ClF7IN2O2S/c1-11-7-12(21(25,22(26,27)28)23(29,30)31)5-6-16(11)33-18(35)14-8-13(24)9-15(32)17(14)19(36)34-20(2,3)10-37-4/h5-9H,10H2,1-4H3,(H,33,35)(H,34,36). The lowest BCUT2D eigenvalue weighted by Crippen LogP contribution is -2.50. The number of halogens is 9. The van der Waals surface area contributed by atoms with Crippen LogP contribution in [0, 0.1) is 10.5 Å². The largest absolute Gasteiger partial charge is 0.435 e. The Hall–Kier alpha value is -1.74. The van der Waals surface area contributed by atoms with Crippen LogP contribution in [0.3, 0.4) is 0 Å². The van der Waals surface area contributed by atoms with Crippen molar-refractivity contribution in [2.24, 2.45) is 0 Å². The van der Waals surface area contributed by atoms with E-state index in [-0.39, 0.29) is 27.4 Å². The highest BCUT2D eigenvalue weighted by molar-refractivity contribution is 14.1. The number of carbonyl (C=O) groups is 2. The topological polar surface area (TPSA) is 58.2 Å². The van der Waals surface area contributed by atoms with E-state index in [0.717, 1.165) is 13.0 Å². The Kier molecular flexibility index (Phi) is 9.50. The molecule has 0 saturated heterocycles. The van der Waals surface area contributed by atoms with Gasteiger partial charge in [-0.1, -0.05) is 23.7 Å². The van der Waals surface area contributed by atoms with Crippen molar-refractivity contribution in [2.75, 3.05) is 17.3 Å². The van der Waals surface area contributed by atoms with Gasteiger partial charge in [-0.25, -0.2) is 4.39 Å². The zero-order chi connectivity index (χ0) is 28.6. The Morgan fingerprint density at radius 2 is 1.54 bits per heavy atom. The molecule has 204 valence electrons. The van der Waals surface area contributed by atoms with Crippen LogP contribution >= 0.6 is 46.0 Å². The molecule has 0 unspecified atom stereocenters. The molecular formula is C23H21ClF7IN2O2S. The van der Waals surface area contributed by atoms with Gasteiger partial charge in [-0.2, -0.15) is 38.1 Å². The number of hydrogen-bond donors (Lipinski definition) is 2. The smallest absolute Gasteiger partial charge is 0.346 e. The van der Waals surface area contributed by atoms with Crippen molar-refractivity contribution in [3.05, 3.63) is 61.2 Å². The van der Waals surface area contributed by atoms with E-state index in [1.807, 2.05) is 28.8 Å². The second kappa shape index (κ2) is 11.2. The second-order valence-corrected chi connectivity index (χ2v) is 11.2. The third kappa shape index (κ3) is 6.83. The van der Waals surface area contributed by atoms with E-state index in [2.05, 4.69) is 10.6 Å². The molecule has 2 N–H and O–H groups in total. The summed E-state index contributed by atoms with van der Waals surface area (Å²) in [6.45, 7) is 4.66. The maximum atomic E-state index is 14.4. The molecule has 2 aromatic rings. The summed E-state index contributed by atoms with van der Waals surface area (Å²) in [5.41, 5.74) is -8.60. The fourth-order valence-corrected chi connectivity index (χ4v) is 5.51. The summed E-state index contributed by atoms with van der Waals surface area (Å²) in [6.07, 6.45) is -10.7. The average Bonchev–Trinajstić information content (AvgIpc) is 2.71. The molecule has 4 nitrogen and oxygen atoms in total. The van der Waals surface area contributed by atoms with Crippen molar-refractivity contribution in [3.63, 3.8) is 0 Å². The number of benzene rings is 2. The summed E-state index contributed by atoms with van der Waals surface area (Å²) >= 11 is 9.37. The lowest BCUT2D eigenvalue weighted by molar-refractivity contribution is -0.348. The summed E-state index contributed by atoms with van der Waals surface area (Å²) in [5.74, 6) is -0.931. The number of amides is 2. The zero-order valence-electron chi connectivity index (χ0n) is 19.7. The molecule has 37 heavy (non-hydrogen) atoms. The van der Waals surface area contributed by atoms with Gasteiger partial charge in [0.2, 0.25) is 0 Å². The van der Waals surface area contributed by atoms with Crippen LogP contribution in [-0.2, 0) is 5.67 Å². The van der Waals surface area contributed by atoms with E-state index in [0.29, 0.717) is 21.5 Å². The zero-order valence-corrected chi connectivity index (χ0v) is 23.5. The highest BCUT2D eigenvalue weighted by Gasteiger charge is 2.73. The van der Waals surface area contributed by atoms with E-state index in [1.54, 1.807) is 13.8 Å². The van der Waals surface area contributed by atoms with E-state index >= 15 is 0 Å². The molecule has 0 aliphatic heterocycles. The summed E-state index contributed by atoms with van der Waals surface area (Å²) < 4.78 is 93.3. The van der Waals surface area contributed by atoms with Gasteiger partial charge >= 0.3 is 18.0 Å². The molecule has 2 amide bonds. The van der Waals surface area contributed by atoms with Crippen molar-refractivity contribution < 1.29 is 40.3 Å². The summed E-state index contributed by atoms with van der Waals surface area (Å²) in [6, 6.07) is 4.04. The lowest BCUT2D eigenvalue weighted by atomic mass is 9.92. The summed E-state index contributed by atoms with van der Waals surface area (Å²) in [4.78, 5) is 26.1. The van der Waals surface area contributed by atoms with Crippen LogP contribution in [0.5, 0.6) is 0 Å². The number of thioether (sulfide) groups is 1. The molecule has 0 radical (unpaired) electrons. The van der Waals surface area contributed by atoms with Gasteiger partial charge in [0.25, 0.3) is 11.8 Å². The first-order valence-corrected chi connectivity index (χ1v) is 13.2. The predicted molar refractivity (Wildman–Crippen MR) is 138 cm³/mol. The first-order chi connectivity index (χ1) is 16.7. The van der Waals surface area contributed by atoms with Gasteiger partial charge in [0, 0.05) is 31.1 Å². The molecule has 0 aliphatic carbocycles. The van der Waals surface area contributed by atoms with E-state index in [9.17, 15) is 40.3 Å². The molecule has 2 rings (SSSR count). The molecular weight excluding hydrogens is 664 g/mol. The number of rotatable bonds is 7. The van der Waals surface area contributed by atoms with Crippen molar-refractivity contribution in [2.45, 2.75) is 44.3 Å². The molecule has 14 heteroatoms. The van der Waals surface area contributed by atoms with Gasteiger partial charge in [0.05, 0.1) is 11.1 Å². The second-order valence-electron chi connectivity index (χ2n) is 8.72. The maximum absolute atomic E-state index is 14.4. The van der Waals surface area contributed by atoms with Gasteiger partial charge in [-0.05, 0) is 73.4 Å². The van der Waals surface area contributed by atoms with Crippen molar-refractivity contribution in [3.8, 4) is 0 Å². The van der Waals surface area contributed by atoms with Gasteiger partial charge in [-0.3, -0.25) is 9.59 Å². The van der Waals surface area contributed by atoms with E-state index in [1.165, 1.54) is 23.9 Å². The minimum atomic E-state index is -6.27. The van der Waals surface area contributed by atoms with Crippen molar-refractivity contribution in [1.29, 1.82) is 0 Å². The first kappa shape index (κ1) is 31.5. The Labute approximate surface area is 231 Å². The molecule has 0 saturated carbocycles. The van der Waals surface area contributed by atoms with Gasteiger partial charge < -0.3 is 10.6 Å². The molecule has 0 fully saturated rings. The molecule has 0 aliphatic rings. The fourth-order valence-electron chi connectivity index (χ4n) is 3.45. The first-order valence-electron chi connectivity index (χ1n) is 10.3. The van der Waals surface area contributed by atoms with Gasteiger partial charge in [-0.15, -0.1) is 0 Å². The molecule has 0 aromatic heterocycles. The fraction of sp³-hybridized carbons (Fsp3) is 0.391. The number of hydrogen-bond acceptors (Lipinski definition) is 3. The van der Waals surface area contributed by atoms with Crippen LogP contribution in [0.2, 0.25) is 5.02 Å². The quantitative estimate of drug-likeness (QED) is 0.233. The minimum absolute atomic E-state index is 0.0251. The number of anilines is 1. The Morgan fingerprint density at radius 1 is 0.973 bits per heavy atom. The monoisotopic (exact) mass is 684 g/mol. The average molecular weight is 685 g/mol. The van der Waals surface area contributed by atoms with Crippen LogP contribution in [-0.4, -0.2) is 41.7 Å². The Balaban J connectivity index is 2.48. The van der Waals surface area contributed by atoms with Crippen LogP contribution in [0.15, 0.2) is 30.3 Å². The van der Waals surface area contributed by atoms with Gasteiger partial charge in [0.1, 0.15) is 0 Å². The Morgan fingerprint density at radius 3 is 2.03 bits per heavy atom. The highest BCUT2D eigenvalue weighted by atomic mass is 127. The van der Waals surface area contributed by atoms with Crippen molar-refractivity contribution >= 4 is 63.5 Å². The highest BCUT2D eigenvalue weighted by Crippen LogP contribution is 2.53. The molecule has 0 spiro atoms.